The number of hydrogen-bond donors (Lipinski definition) is 1. The van der Waals surface area contributed by atoms with Crippen molar-refractivity contribution in [2.75, 3.05) is 26.4 Å². The predicted octanol–water partition coefficient (Wildman–Crippen LogP) is 1.01. The molecular formula is C13H26N4O2S. The van der Waals surface area contributed by atoms with Crippen LogP contribution in [0.2, 0.25) is 0 Å². The fraction of sp³-hybridized carbons (Fsp3) is 0.769. The van der Waals surface area contributed by atoms with Crippen LogP contribution >= 0.6 is 0 Å². The summed E-state index contributed by atoms with van der Waals surface area (Å²) in [6.07, 6.45) is 4.46. The van der Waals surface area contributed by atoms with Gasteiger partial charge in [0.1, 0.15) is 0 Å². The quantitative estimate of drug-likeness (QED) is 0.728. The Hall–Kier alpha value is -0.920. The molecule has 1 heterocycles. The topological polar surface area (TPSA) is 67.2 Å². The first-order valence-corrected chi connectivity index (χ1v) is 8.49. The SMILES string of the molecule is Cc1cnn([C@H](C)[C@@H](C)NCCCS(=O)(=O)N(C)C)c1. The van der Waals surface area contributed by atoms with Crippen LogP contribution in [0.5, 0.6) is 0 Å². The van der Waals surface area contributed by atoms with Crippen molar-refractivity contribution in [3.8, 4) is 0 Å². The monoisotopic (exact) mass is 302 g/mol. The molecule has 1 aromatic rings. The van der Waals surface area contributed by atoms with Crippen molar-refractivity contribution in [1.82, 2.24) is 19.4 Å². The molecule has 2 atom stereocenters. The summed E-state index contributed by atoms with van der Waals surface area (Å²) < 4.78 is 26.4. The molecule has 0 aliphatic carbocycles. The molecule has 0 saturated heterocycles. The van der Waals surface area contributed by atoms with Gasteiger partial charge in [-0.1, -0.05) is 0 Å². The Balaban J connectivity index is 2.35. The molecule has 0 fully saturated rings. The molecule has 1 rings (SSSR count). The van der Waals surface area contributed by atoms with E-state index in [0.717, 1.165) is 5.56 Å². The third-order valence-electron chi connectivity index (χ3n) is 3.47. The molecule has 116 valence electrons. The molecule has 0 amide bonds. The molecule has 0 spiro atoms. The zero-order chi connectivity index (χ0) is 15.3. The molecule has 0 unspecified atom stereocenters. The van der Waals surface area contributed by atoms with Crippen molar-refractivity contribution >= 4 is 10.0 Å². The van der Waals surface area contributed by atoms with Crippen molar-refractivity contribution < 1.29 is 8.42 Å². The lowest BCUT2D eigenvalue weighted by Crippen LogP contribution is -2.35. The Labute approximate surface area is 122 Å². The minimum atomic E-state index is -3.09. The van der Waals surface area contributed by atoms with Crippen LogP contribution in [0.1, 0.15) is 31.9 Å². The van der Waals surface area contributed by atoms with Gasteiger partial charge in [-0.2, -0.15) is 5.10 Å². The van der Waals surface area contributed by atoms with E-state index in [1.54, 1.807) is 14.1 Å². The summed E-state index contributed by atoms with van der Waals surface area (Å²) in [5, 5.41) is 7.66. The maximum absolute atomic E-state index is 11.6. The molecule has 20 heavy (non-hydrogen) atoms. The molecule has 6 nitrogen and oxygen atoms in total. The van der Waals surface area contributed by atoms with Crippen molar-refractivity contribution in [1.29, 1.82) is 0 Å². The van der Waals surface area contributed by atoms with Gasteiger partial charge >= 0.3 is 0 Å². The summed E-state index contributed by atoms with van der Waals surface area (Å²) in [6, 6.07) is 0.463. The van der Waals surface area contributed by atoms with Crippen molar-refractivity contribution in [2.45, 2.75) is 39.3 Å². The van der Waals surface area contributed by atoms with Gasteiger partial charge in [-0.15, -0.1) is 0 Å². The summed E-state index contributed by atoms with van der Waals surface area (Å²) in [5.74, 6) is 0.176. The molecule has 0 aliphatic heterocycles. The highest BCUT2D eigenvalue weighted by molar-refractivity contribution is 7.89. The van der Waals surface area contributed by atoms with E-state index in [1.807, 2.05) is 24.0 Å². The lowest BCUT2D eigenvalue weighted by atomic mass is 10.1. The molecule has 0 bridgehead atoms. The third kappa shape index (κ3) is 4.88. The largest absolute Gasteiger partial charge is 0.312 e. The highest BCUT2D eigenvalue weighted by Crippen LogP contribution is 2.10. The summed E-state index contributed by atoms with van der Waals surface area (Å²) in [7, 11) is 0.0366. The number of rotatable bonds is 8. The van der Waals surface area contributed by atoms with Gasteiger partial charge in [0.2, 0.25) is 10.0 Å². The number of nitrogens with one attached hydrogen (secondary N) is 1. The first-order chi connectivity index (χ1) is 9.24. The summed E-state index contributed by atoms with van der Waals surface area (Å²) in [6.45, 7) is 6.88. The van der Waals surface area contributed by atoms with Crippen molar-refractivity contribution in [3.63, 3.8) is 0 Å². The maximum Gasteiger partial charge on any atom is 0.213 e. The van der Waals surface area contributed by atoms with Gasteiger partial charge in [0.25, 0.3) is 0 Å². The lowest BCUT2D eigenvalue weighted by Gasteiger charge is -2.22. The highest BCUT2D eigenvalue weighted by atomic mass is 32.2. The second-order valence-corrected chi connectivity index (χ2v) is 7.74. The molecule has 0 radical (unpaired) electrons. The Morgan fingerprint density at radius 3 is 2.55 bits per heavy atom. The second kappa shape index (κ2) is 7.19. The third-order valence-corrected chi connectivity index (χ3v) is 5.39. The average Bonchev–Trinajstić information content (AvgIpc) is 2.80. The molecule has 0 aromatic carbocycles. The fourth-order valence-electron chi connectivity index (χ4n) is 1.82. The van der Waals surface area contributed by atoms with Crippen LogP contribution in [0.3, 0.4) is 0 Å². The van der Waals surface area contributed by atoms with Crippen molar-refractivity contribution in [2.24, 2.45) is 0 Å². The zero-order valence-corrected chi connectivity index (χ0v) is 13.8. The highest BCUT2D eigenvalue weighted by Gasteiger charge is 2.16. The number of hydrogen-bond acceptors (Lipinski definition) is 4. The lowest BCUT2D eigenvalue weighted by molar-refractivity contribution is 0.366. The van der Waals surface area contributed by atoms with Gasteiger partial charge < -0.3 is 5.32 Å². The van der Waals surface area contributed by atoms with Crippen LogP contribution in [-0.2, 0) is 10.0 Å². The molecule has 1 N–H and O–H groups in total. The number of sulfonamides is 1. The standard InChI is InChI=1S/C13H26N4O2S/c1-11-9-15-17(10-11)13(3)12(2)14-7-6-8-20(18,19)16(4)5/h9-10,12-14H,6-8H2,1-5H3/t12-,13-/m1/s1. The van der Waals surface area contributed by atoms with Crippen LogP contribution in [0.4, 0.5) is 0 Å². The van der Waals surface area contributed by atoms with E-state index in [-0.39, 0.29) is 17.8 Å². The Bertz CT molecular complexity index is 510. The summed E-state index contributed by atoms with van der Waals surface area (Å²) in [5.41, 5.74) is 1.14. The van der Waals surface area contributed by atoms with Crippen LogP contribution in [-0.4, -0.2) is 54.9 Å². The minimum absolute atomic E-state index is 0.176. The first-order valence-electron chi connectivity index (χ1n) is 6.88. The molecule has 0 aliphatic rings. The van der Waals surface area contributed by atoms with E-state index in [9.17, 15) is 8.42 Å². The summed E-state index contributed by atoms with van der Waals surface area (Å²) >= 11 is 0. The van der Waals surface area contributed by atoms with Crippen LogP contribution in [0, 0.1) is 6.92 Å². The second-order valence-electron chi connectivity index (χ2n) is 5.43. The Morgan fingerprint density at radius 1 is 1.40 bits per heavy atom. The van der Waals surface area contributed by atoms with Gasteiger partial charge in [0.15, 0.2) is 0 Å². The Kier molecular flexibility index (Phi) is 6.16. The van der Waals surface area contributed by atoms with Crippen molar-refractivity contribution in [3.05, 3.63) is 18.0 Å². The van der Waals surface area contributed by atoms with Gasteiger partial charge in [-0.25, -0.2) is 12.7 Å². The molecule has 1 aromatic heterocycles. The van der Waals surface area contributed by atoms with Crippen LogP contribution in [0.15, 0.2) is 12.4 Å². The van der Waals surface area contributed by atoms with E-state index >= 15 is 0 Å². The maximum atomic E-state index is 11.6. The first kappa shape index (κ1) is 17.1. The van der Waals surface area contributed by atoms with E-state index in [2.05, 4.69) is 24.3 Å². The Morgan fingerprint density at radius 2 is 2.05 bits per heavy atom. The molecular weight excluding hydrogens is 276 g/mol. The van der Waals surface area contributed by atoms with E-state index < -0.39 is 10.0 Å². The normalized spacial score (nSPS) is 15.5. The van der Waals surface area contributed by atoms with Gasteiger partial charge in [0.05, 0.1) is 18.0 Å². The van der Waals surface area contributed by atoms with Crippen LogP contribution in [0.25, 0.3) is 0 Å². The minimum Gasteiger partial charge on any atom is -0.312 e. The number of aryl methyl sites for hydroxylation is 1. The predicted molar refractivity (Wildman–Crippen MR) is 81.2 cm³/mol. The van der Waals surface area contributed by atoms with E-state index in [4.69, 9.17) is 0 Å². The molecule has 0 saturated carbocycles. The van der Waals surface area contributed by atoms with Gasteiger partial charge in [-0.05, 0) is 39.3 Å². The van der Waals surface area contributed by atoms with Gasteiger partial charge in [0, 0.05) is 26.3 Å². The molecule has 7 heteroatoms. The summed E-state index contributed by atoms with van der Waals surface area (Å²) in [4.78, 5) is 0. The number of aromatic nitrogens is 2. The van der Waals surface area contributed by atoms with Gasteiger partial charge in [-0.3, -0.25) is 4.68 Å². The fourth-order valence-corrected chi connectivity index (χ4v) is 2.70. The van der Waals surface area contributed by atoms with E-state index in [1.165, 1.54) is 4.31 Å². The average molecular weight is 302 g/mol. The van der Waals surface area contributed by atoms with E-state index in [0.29, 0.717) is 13.0 Å². The smallest absolute Gasteiger partial charge is 0.213 e. The van der Waals surface area contributed by atoms with Crippen LogP contribution < -0.4 is 5.32 Å². The number of nitrogens with zero attached hydrogens (tertiary/aromatic N) is 3. The zero-order valence-electron chi connectivity index (χ0n) is 13.0.